The van der Waals surface area contributed by atoms with E-state index in [0.717, 1.165) is 12.1 Å². The van der Waals surface area contributed by atoms with E-state index in [1.807, 2.05) is 0 Å². The van der Waals surface area contributed by atoms with E-state index >= 15 is 0 Å². The minimum atomic E-state index is -4.49. The molecule has 0 saturated carbocycles. The topological polar surface area (TPSA) is 73.2 Å². The lowest BCUT2D eigenvalue weighted by Gasteiger charge is -2.09. The monoisotopic (exact) mass is 375 g/mol. The highest BCUT2D eigenvalue weighted by molar-refractivity contribution is 6.02. The van der Waals surface area contributed by atoms with Crippen LogP contribution in [0.2, 0.25) is 0 Å². The number of nitrogens with zero attached hydrogens (tertiary/aromatic N) is 2. The van der Waals surface area contributed by atoms with Crippen molar-refractivity contribution in [2.75, 3.05) is 5.32 Å². The van der Waals surface area contributed by atoms with E-state index < -0.39 is 17.6 Å². The Morgan fingerprint density at radius 1 is 1.11 bits per heavy atom. The lowest BCUT2D eigenvalue weighted by Crippen LogP contribution is -2.15. The van der Waals surface area contributed by atoms with Crippen LogP contribution in [0.4, 0.5) is 19.1 Å². The van der Waals surface area contributed by atoms with Crippen molar-refractivity contribution in [3.8, 4) is 0 Å². The number of carbonyl (C=O) groups excluding carboxylic acids is 1. The third-order valence-electron chi connectivity index (χ3n) is 3.94. The van der Waals surface area contributed by atoms with Crippen LogP contribution in [0.15, 0.2) is 63.8 Å². The molecule has 0 aliphatic heterocycles. The molecule has 0 aliphatic rings. The molecule has 3 heterocycles. The molecule has 1 amide bonds. The maximum atomic E-state index is 13.0. The largest absolute Gasteiger partial charge is 0.467 e. The van der Waals surface area contributed by atoms with Crippen molar-refractivity contribution >= 4 is 22.9 Å². The van der Waals surface area contributed by atoms with Gasteiger partial charge in [-0.15, -0.1) is 0 Å². The Hall–Kier alpha value is -3.49. The fourth-order valence-electron chi connectivity index (χ4n) is 2.69. The predicted molar refractivity (Wildman–Crippen MR) is 89.2 cm³/mol. The van der Waals surface area contributed by atoms with Crippen molar-refractivity contribution in [3.63, 3.8) is 0 Å². The van der Waals surface area contributed by atoms with Crippen LogP contribution in [0, 0.1) is 0 Å². The maximum absolute atomic E-state index is 13.0. The molecule has 3 aromatic heterocycles. The molecule has 1 aromatic carbocycles. The van der Waals surface area contributed by atoms with Gasteiger partial charge < -0.3 is 13.4 Å². The maximum Gasteiger partial charge on any atom is 0.416 e. The van der Waals surface area contributed by atoms with Crippen molar-refractivity contribution < 1.29 is 26.8 Å². The van der Waals surface area contributed by atoms with E-state index in [2.05, 4.69) is 10.3 Å². The summed E-state index contributed by atoms with van der Waals surface area (Å²) in [6.07, 6.45) is -1.66. The van der Waals surface area contributed by atoms with Crippen molar-refractivity contribution in [2.45, 2.75) is 12.7 Å². The Bertz CT molecular complexity index is 1080. The zero-order chi connectivity index (χ0) is 19.0. The summed E-state index contributed by atoms with van der Waals surface area (Å²) in [4.78, 5) is 16.4. The van der Waals surface area contributed by atoms with E-state index in [4.69, 9.17) is 8.83 Å². The van der Waals surface area contributed by atoms with Gasteiger partial charge in [-0.3, -0.25) is 10.1 Å². The fraction of sp³-hybridized carbons (Fsp3) is 0.111. The SMILES string of the molecule is O=C(Nc1nc2cc(C(F)(F)F)ccc2n1Cc1ccco1)c1ccco1. The van der Waals surface area contributed by atoms with Crippen molar-refractivity contribution in [2.24, 2.45) is 0 Å². The molecule has 0 saturated heterocycles. The number of alkyl halides is 3. The number of halogens is 3. The third-order valence-corrected chi connectivity index (χ3v) is 3.94. The molecular weight excluding hydrogens is 363 g/mol. The molecule has 138 valence electrons. The summed E-state index contributed by atoms with van der Waals surface area (Å²) in [5, 5.41) is 2.57. The molecule has 0 spiro atoms. The number of furan rings is 2. The summed E-state index contributed by atoms with van der Waals surface area (Å²) >= 11 is 0. The van der Waals surface area contributed by atoms with Gasteiger partial charge in [0.05, 0.1) is 35.7 Å². The molecule has 9 heteroatoms. The fourth-order valence-corrected chi connectivity index (χ4v) is 2.69. The highest BCUT2D eigenvalue weighted by atomic mass is 19.4. The smallest absolute Gasteiger partial charge is 0.416 e. The first kappa shape index (κ1) is 17.0. The summed E-state index contributed by atoms with van der Waals surface area (Å²) in [7, 11) is 0. The Morgan fingerprint density at radius 2 is 1.89 bits per heavy atom. The van der Waals surface area contributed by atoms with Gasteiger partial charge in [-0.2, -0.15) is 13.2 Å². The van der Waals surface area contributed by atoms with E-state index in [0.29, 0.717) is 11.3 Å². The lowest BCUT2D eigenvalue weighted by molar-refractivity contribution is -0.137. The average molecular weight is 375 g/mol. The Kier molecular flexibility index (Phi) is 3.98. The molecule has 27 heavy (non-hydrogen) atoms. The number of anilines is 1. The lowest BCUT2D eigenvalue weighted by atomic mass is 10.2. The zero-order valence-electron chi connectivity index (χ0n) is 13.7. The van der Waals surface area contributed by atoms with Crippen LogP contribution in [0.1, 0.15) is 21.9 Å². The van der Waals surface area contributed by atoms with Crippen molar-refractivity contribution in [1.82, 2.24) is 9.55 Å². The van der Waals surface area contributed by atoms with E-state index in [1.165, 1.54) is 24.7 Å². The van der Waals surface area contributed by atoms with Crippen LogP contribution < -0.4 is 5.32 Å². The minimum Gasteiger partial charge on any atom is -0.467 e. The van der Waals surface area contributed by atoms with Gasteiger partial charge >= 0.3 is 6.18 Å². The summed E-state index contributed by atoms with van der Waals surface area (Å²) in [5.41, 5.74) is -0.290. The standard InChI is InChI=1S/C18H12F3N3O3/c19-18(20,21)11-5-6-14-13(9-11)22-17(23-16(25)15-4-2-8-27-15)24(14)10-12-3-1-7-26-12/h1-9H,10H2,(H,22,23,25). The number of aromatic nitrogens is 2. The number of amides is 1. The van der Waals surface area contributed by atoms with Crippen LogP contribution in [-0.2, 0) is 12.7 Å². The van der Waals surface area contributed by atoms with E-state index in [9.17, 15) is 18.0 Å². The van der Waals surface area contributed by atoms with Gasteiger partial charge in [-0.25, -0.2) is 4.98 Å². The van der Waals surface area contributed by atoms with Crippen LogP contribution in [0.5, 0.6) is 0 Å². The molecule has 6 nitrogen and oxygen atoms in total. The quantitative estimate of drug-likeness (QED) is 0.568. The van der Waals surface area contributed by atoms with Crippen molar-refractivity contribution in [3.05, 3.63) is 72.1 Å². The Morgan fingerprint density at radius 3 is 2.56 bits per heavy atom. The second-order valence-corrected chi connectivity index (χ2v) is 5.73. The Labute approximate surface area is 150 Å². The molecule has 1 N–H and O–H groups in total. The molecule has 0 atom stereocenters. The molecule has 0 fully saturated rings. The number of fused-ring (bicyclic) bond motifs is 1. The van der Waals surface area contributed by atoms with Crippen LogP contribution in [-0.4, -0.2) is 15.5 Å². The summed E-state index contributed by atoms with van der Waals surface area (Å²) in [6.45, 7) is 0.183. The third kappa shape index (κ3) is 3.31. The molecule has 4 rings (SSSR count). The molecule has 0 aliphatic carbocycles. The van der Waals surface area contributed by atoms with Gasteiger partial charge in [-0.05, 0) is 42.5 Å². The number of hydrogen-bond acceptors (Lipinski definition) is 4. The Balaban J connectivity index is 1.78. The highest BCUT2D eigenvalue weighted by Crippen LogP contribution is 2.32. The number of rotatable bonds is 4. The van der Waals surface area contributed by atoms with Crippen LogP contribution >= 0.6 is 0 Å². The summed E-state index contributed by atoms with van der Waals surface area (Å²) in [5.74, 6) is 0.138. The molecular formula is C18H12F3N3O3. The molecule has 0 radical (unpaired) electrons. The molecule has 0 bridgehead atoms. The number of nitrogens with one attached hydrogen (secondary N) is 1. The zero-order valence-corrected chi connectivity index (χ0v) is 13.7. The second-order valence-electron chi connectivity index (χ2n) is 5.73. The second kappa shape index (κ2) is 6.35. The van der Waals surface area contributed by atoms with Gasteiger partial charge in [0, 0.05) is 0 Å². The van der Waals surface area contributed by atoms with Crippen LogP contribution in [0.25, 0.3) is 11.0 Å². The minimum absolute atomic E-state index is 0.0579. The number of imidazole rings is 1. The summed E-state index contributed by atoms with van der Waals surface area (Å²) < 4.78 is 50.9. The van der Waals surface area contributed by atoms with E-state index in [1.54, 1.807) is 22.8 Å². The van der Waals surface area contributed by atoms with Gasteiger partial charge in [0.15, 0.2) is 5.76 Å². The first-order valence-electron chi connectivity index (χ1n) is 7.86. The number of hydrogen-bond donors (Lipinski definition) is 1. The van der Waals surface area contributed by atoms with Gasteiger partial charge in [-0.1, -0.05) is 0 Å². The van der Waals surface area contributed by atoms with Gasteiger partial charge in [0.25, 0.3) is 5.91 Å². The molecule has 4 aromatic rings. The normalized spacial score (nSPS) is 11.8. The predicted octanol–water partition coefficient (Wildman–Crippen LogP) is 4.54. The van der Waals surface area contributed by atoms with Crippen molar-refractivity contribution in [1.29, 1.82) is 0 Å². The number of benzene rings is 1. The highest BCUT2D eigenvalue weighted by Gasteiger charge is 2.31. The van der Waals surface area contributed by atoms with E-state index in [-0.39, 0.29) is 23.8 Å². The first-order chi connectivity index (χ1) is 12.9. The van der Waals surface area contributed by atoms with Crippen LogP contribution in [0.3, 0.4) is 0 Å². The molecule has 0 unspecified atom stereocenters. The van der Waals surface area contributed by atoms with Gasteiger partial charge in [0.2, 0.25) is 5.95 Å². The summed E-state index contributed by atoms with van der Waals surface area (Å²) in [6, 6.07) is 9.66. The number of carbonyl (C=O) groups is 1. The van der Waals surface area contributed by atoms with Gasteiger partial charge in [0.1, 0.15) is 5.76 Å². The average Bonchev–Trinajstić information content (AvgIpc) is 3.36. The first-order valence-corrected chi connectivity index (χ1v) is 7.86.